The van der Waals surface area contributed by atoms with Crippen molar-refractivity contribution in [3.8, 4) is 5.75 Å². The number of likely N-dealkylation sites (tertiary alicyclic amines) is 1. The zero-order valence-corrected chi connectivity index (χ0v) is 13.7. The fraction of sp³-hybridized carbons (Fsp3) is 0.529. The number of nitrogens with zero attached hydrogens (tertiary/aromatic N) is 4. The largest absolute Gasteiger partial charge is 0.491 e. The summed E-state index contributed by atoms with van der Waals surface area (Å²) in [5.74, 6) is 1.76. The summed E-state index contributed by atoms with van der Waals surface area (Å²) in [6, 6.07) is 8.11. The highest BCUT2D eigenvalue weighted by atomic mass is 16.5. The molecule has 1 aromatic carbocycles. The Kier molecular flexibility index (Phi) is 4.93. The molecule has 0 saturated carbocycles. The van der Waals surface area contributed by atoms with Crippen molar-refractivity contribution in [1.29, 1.82) is 0 Å². The van der Waals surface area contributed by atoms with Crippen molar-refractivity contribution in [3.63, 3.8) is 0 Å². The Morgan fingerprint density at radius 1 is 1.35 bits per heavy atom. The Balaban J connectivity index is 1.53. The molecule has 23 heavy (non-hydrogen) atoms. The molecule has 0 aliphatic carbocycles. The van der Waals surface area contributed by atoms with Crippen LogP contribution in [0.1, 0.15) is 30.3 Å². The molecule has 6 heteroatoms. The first-order chi connectivity index (χ1) is 11.1. The molecule has 0 bridgehead atoms. The van der Waals surface area contributed by atoms with Crippen LogP contribution in [0.5, 0.6) is 5.75 Å². The van der Waals surface area contributed by atoms with Gasteiger partial charge in [-0.25, -0.2) is 0 Å². The lowest BCUT2D eigenvalue weighted by molar-refractivity contribution is 0.0623. The molecule has 2 aromatic rings. The highest BCUT2D eigenvalue weighted by Crippen LogP contribution is 2.30. The molecule has 0 spiro atoms. The first-order valence-corrected chi connectivity index (χ1v) is 8.09. The topological polar surface area (TPSA) is 63.4 Å². The maximum atomic E-state index is 10.3. The van der Waals surface area contributed by atoms with Crippen molar-refractivity contribution in [3.05, 3.63) is 42.0 Å². The van der Waals surface area contributed by atoms with Crippen LogP contribution in [0.3, 0.4) is 0 Å². The van der Waals surface area contributed by atoms with E-state index in [1.54, 1.807) is 6.33 Å². The van der Waals surface area contributed by atoms with Gasteiger partial charge in [-0.15, -0.1) is 10.2 Å². The number of aliphatic hydroxyl groups is 1. The molecule has 1 saturated heterocycles. The van der Waals surface area contributed by atoms with Gasteiger partial charge in [0, 0.05) is 13.6 Å². The minimum Gasteiger partial charge on any atom is -0.491 e. The van der Waals surface area contributed by atoms with Gasteiger partial charge in [0.05, 0.1) is 6.04 Å². The number of aliphatic hydroxyl groups excluding tert-OH is 1. The molecule has 1 aliphatic rings. The van der Waals surface area contributed by atoms with Gasteiger partial charge < -0.3 is 14.4 Å². The number of hydrogen-bond acceptors (Lipinski definition) is 5. The van der Waals surface area contributed by atoms with E-state index in [4.69, 9.17) is 4.74 Å². The van der Waals surface area contributed by atoms with Gasteiger partial charge in [0.25, 0.3) is 0 Å². The van der Waals surface area contributed by atoms with Crippen molar-refractivity contribution in [2.75, 3.05) is 19.7 Å². The first kappa shape index (κ1) is 16.0. The third-order valence-corrected chi connectivity index (χ3v) is 4.32. The van der Waals surface area contributed by atoms with Crippen LogP contribution in [0.2, 0.25) is 0 Å². The molecule has 6 nitrogen and oxygen atoms in total. The average Bonchev–Trinajstić information content (AvgIpc) is 3.15. The van der Waals surface area contributed by atoms with Crippen molar-refractivity contribution < 1.29 is 9.84 Å². The van der Waals surface area contributed by atoms with Crippen LogP contribution in [-0.4, -0.2) is 50.6 Å². The fourth-order valence-corrected chi connectivity index (χ4v) is 3.08. The van der Waals surface area contributed by atoms with Crippen LogP contribution in [0, 0.1) is 6.92 Å². The van der Waals surface area contributed by atoms with Gasteiger partial charge in [-0.2, -0.15) is 0 Å². The number of β-amino-alcohol motifs (C(OH)–C–C–N with tert-alkyl or cyclic N) is 1. The Morgan fingerprint density at radius 3 is 2.83 bits per heavy atom. The smallest absolute Gasteiger partial charge is 0.149 e. The number of rotatable bonds is 6. The molecular formula is C17H24N4O2. The number of ether oxygens (including phenoxy) is 1. The molecular weight excluding hydrogens is 292 g/mol. The van der Waals surface area contributed by atoms with Crippen LogP contribution in [0.25, 0.3) is 0 Å². The average molecular weight is 316 g/mol. The molecule has 0 radical (unpaired) electrons. The fourth-order valence-electron chi connectivity index (χ4n) is 3.08. The first-order valence-electron chi connectivity index (χ1n) is 8.09. The molecule has 124 valence electrons. The van der Waals surface area contributed by atoms with E-state index in [2.05, 4.69) is 15.1 Å². The lowest BCUT2D eigenvalue weighted by Crippen LogP contribution is -2.36. The van der Waals surface area contributed by atoms with Crippen LogP contribution >= 0.6 is 0 Å². The summed E-state index contributed by atoms with van der Waals surface area (Å²) in [5, 5.41) is 18.5. The molecule has 1 N–H and O–H groups in total. The summed E-state index contributed by atoms with van der Waals surface area (Å²) in [5.41, 5.74) is 1.20. The van der Waals surface area contributed by atoms with E-state index in [0.29, 0.717) is 13.2 Å². The molecule has 2 unspecified atom stereocenters. The highest BCUT2D eigenvalue weighted by molar-refractivity contribution is 5.26. The molecule has 1 aliphatic heterocycles. The Labute approximate surface area is 136 Å². The summed E-state index contributed by atoms with van der Waals surface area (Å²) in [7, 11) is 1.96. The van der Waals surface area contributed by atoms with Crippen LogP contribution in [-0.2, 0) is 7.05 Å². The Bertz CT molecular complexity index is 626. The lowest BCUT2D eigenvalue weighted by atomic mass is 10.2. The summed E-state index contributed by atoms with van der Waals surface area (Å²) in [6.45, 7) is 3.90. The highest BCUT2D eigenvalue weighted by Gasteiger charge is 2.30. The second kappa shape index (κ2) is 7.10. The van der Waals surface area contributed by atoms with E-state index < -0.39 is 6.10 Å². The summed E-state index contributed by atoms with van der Waals surface area (Å²) in [4.78, 5) is 2.27. The van der Waals surface area contributed by atoms with Crippen molar-refractivity contribution in [2.24, 2.45) is 7.05 Å². The minimum absolute atomic E-state index is 0.233. The van der Waals surface area contributed by atoms with Gasteiger partial charge in [-0.05, 0) is 38.4 Å². The summed E-state index contributed by atoms with van der Waals surface area (Å²) < 4.78 is 7.63. The van der Waals surface area contributed by atoms with Gasteiger partial charge >= 0.3 is 0 Å². The monoisotopic (exact) mass is 316 g/mol. The second-order valence-electron chi connectivity index (χ2n) is 6.23. The molecule has 2 heterocycles. The summed E-state index contributed by atoms with van der Waals surface area (Å²) in [6.07, 6.45) is 3.37. The second-order valence-corrected chi connectivity index (χ2v) is 6.23. The molecule has 1 aromatic heterocycles. The quantitative estimate of drug-likeness (QED) is 0.879. The molecule has 3 rings (SSSR count). The zero-order valence-electron chi connectivity index (χ0n) is 13.7. The van der Waals surface area contributed by atoms with Crippen molar-refractivity contribution >= 4 is 0 Å². The number of aryl methyl sites for hydroxylation is 2. The lowest BCUT2D eigenvalue weighted by Gasteiger charge is -2.26. The number of aromatic nitrogens is 3. The van der Waals surface area contributed by atoms with E-state index >= 15 is 0 Å². The third-order valence-electron chi connectivity index (χ3n) is 4.32. The van der Waals surface area contributed by atoms with E-state index in [1.807, 2.05) is 42.8 Å². The van der Waals surface area contributed by atoms with E-state index in [1.165, 1.54) is 5.56 Å². The van der Waals surface area contributed by atoms with Gasteiger partial charge in [0.2, 0.25) is 0 Å². The maximum absolute atomic E-state index is 10.3. The number of hydrogen-bond donors (Lipinski definition) is 1. The van der Waals surface area contributed by atoms with E-state index in [-0.39, 0.29) is 6.04 Å². The van der Waals surface area contributed by atoms with Crippen molar-refractivity contribution in [1.82, 2.24) is 19.7 Å². The van der Waals surface area contributed by atoms with E-state index in [9.17, 15) is 5.11 Å². The Morgan fingerprint density at radius 2 is 2.13 bits per heavy atom. The van der Waals surface area contributed by atoms with Gasteiger partial charge in [-0.3, -0.25) is 4.90 Å². The standard InChI is InChI=1S/C17H24N4O2/c1-13-5-7-15(8-6-13)23-11-14(22)10-21-9-3-4-16(21)17-19-18-12-20(17)2/h5-8,12,14,16,22H,3-4,9-11H2,1-2H3. The number of benzene rings is 1. The van der Waals surface area contributed by atoms with Gasteiger partial charge in [0.15, 0.2) is 0 Å². The summed E-state index contributed by atoms with van der Waals surface area (Å²) >= 11 is 0. The van der Waals surface area contributed by atoms with Gasteiger partial charge in [0.1, 0.15) is 30.6 Å². The normalized spacial score (nSPS) is 19.9. The minimum atomic E-state index is -0.523. The Hall–Kier alpha value is -1.92. The van der Waals surface area contributed by atoms with E-state index in [0.717, 1.165) is 31.0 Å². The molecule has 2 atom stereocenters. The van der Waals surface area contributed by atoms with Gasteiger partial charge in [-0.1, -0.05) is 17.7 Å². The van der Waals surface area contributed by atoms with Crippen molar-refractivity contribution in [2.45, 2.75) is 31.9 Å². The van der Waals surface area contributed by atoms with Crippen LogP contribution < -0.4 is 4.74 Å². The predicted octanol–water partition coefficient (Wildman–Crippen LogP) is 1.70. The SMILES string of the molecule is Cc1ccc(OCC(O)CN2CCCC2c2nncn2C)cc1. The third kappa shape index (κ3) is 3.89. The molecule has 1 fully saturated rings. The maximum Gasteiger partial charge on any atom is 0.149 e. The predicted molar refractivity (Wildman–Crippen MR) is 87.2 cm³/mol. The zero-order chi connectivity index (χ0) is 16.2. The molecule has 0 amide bonds. The van der Waals surface area contributed by atoms with Crippen LogP contribution in [0.4, 0.5) is 0 Å². The van der Waals surface area contributed by atoms with Crippen LogP contribution in [0.15, 0.2) is 30.6 Å².